The summed E-state index contributed by atoms with van der Waals surface area (Å²) >= 11 is 0. The first-order valence-electron chi connectivity index (χ1n) is 9.08. The molecular formula is C17H29IN6O2. The number of anilines is 1. The Balaban J connectivity index is 0.00000243. The summed E-state index contributed by atoms with van der Waals surface area (Å²) in [6.07, 6.45) is 6.30. The number of aliphatic hydroxyl groups is 1. The molecule has 2 N–H and O–H groups in total. The molecule has 1 aliphatic carbocycles. The van der Waals surface area contributed by atoms with Gasteiger partial charge < -0.3 is 20.2 Å². The van der Waals surface area contributed by atoms with E-state index in [2.05, 4.69) is 10.4 Å². The van der Waals surface area contributed by atoms with Crippen LogP contribution in [0.1, 0.15) is 26.2 Å². The van der Waals surface area contributed by atoms with Gasteiger partial charge in [-0.25, -0.2) is 0 Å². The molecule has 2 unspecified atom stereocenters. The molecule has 8 nitrogen and oxygen atoms in total. The van der Waals surface area contributed by atoms with Gasteiger partial charge in [0.05, 0.1) is 18.0 Å². The highest BCUT2D eigenvalue weighted by atomic mass is 127. The number of nitrogens with zero attached hydrogens (tertiary/aromatic N) is 5. The molecule has 2 atom stereocenters. The zero-order chi connectivity index (χ0) is 17.8. The summed E-state index contributed by atoms with van der Waals surface area (Å²) in [5.41, 5.74) is 0.836. The molecule has 0 spiro atoms. The van der Waals surface area contributed by atoms with E-state index in [4.69, 9.17) is 4.99 Å². The van der Waals surface area contributed by atoms with Crippen molar-refractivity contribution in [1.82, 2.24) is 20.0 Å². The number of rotatable bonds is 4. The third kappa shape index (κ3) is 4.87. The summed E-state index contributed by atoms with van der Waals surface area (Å²) in [5.74, 6) is 1.05. The van der Waals surface area contributed by atoms with Crippen molar-refractivity contribution in [3.8, 4) is 0 Å². The minimum absolute atomic E-state index is 0. The van der Waals surface area contributed by atoms with Gasteiger partial charge in [-0.3, -0.25) is 14.5 Å². The summed E-state index contributed by atoms with van der Waals surface area (Å²) < 4.78 is 1.70. The van der Waals surface area contributed by atoms with Crippen LogP contribution in [0.2, 0.25) is 0 Å². The number of amides is 1. The highest BCUT2D eigenvalue weighted by Crippen LogP contribution is 2.25. The van der Waals surface area contributed by atoms with Crippen molar-refractivity contribution < 1.29 is 9.90 Å². The number of aliphatic hydroxyl groups excluding tert-OH is 1. The monoisotopic (exact) mass is 476 g/mol. The van der Waals surface area contributed by atoms with Crippen molar-refractivity contribution in [2.24, 2.45) is 18.0 Å². The van der Waals surface area contributed by atoms with Gasteiger partial charge in [0.2, 0.25) is 5.91 Å². The molecule has 1 saturated heterocycles. The Labute approximate surface area is 171 Å². The van der Waals surface area contributed by atoms with Crippen molar-refractivity contribution >= 4 is 41.5 Å². The molecule has 0 radical (unpaired) electrons. The highest BCUT2D eigenvalue weighted by molar-refractivity contribution is 14.0. The standard InChI is InChI=1S/C17H28N6O2.HI/c1-3-18-17(19-9-13-5-4-6-15(13)24)22-7-8-23(16(25)12-22)14-10-20-21(2)11-14;/h10-11,13,15,24H,3-9,12H2,1-2H3,(H,18,19);1H. The maximum Gasteiger partial charge on any atom is 0.246 e. The summed E-state index contributed by atoms with van der Waals surface area (Å²) in [7, 11) is 1.84. The lowest BCUT2D eigenvalue weighted by atomic mass is 10.1. The van der Waals surface area contributed by atoms with Gasteiger partial charge in [-0.2, -0.15) is 5.10 Å². The van der Waals surface area contributed by atoms with Crippen molar-refractivity contribution in [3.05, 3.63) is 12.4 Å². The van der Waals surface area contributed by atoms with Crippen LogP contribution in [0, 0.1) is 5.92 Å². The van der Waals surface area contributed by atoms with Crippen LogP contribution in [0.15, 0.2) is 17.4 Å². The minimum Gasteiger partial charge on any atom is -0.393 e. The Hall–Kier alpha value is -1.36. The van der Waals surface area contributed by atoms with Gasteiger partial charge in [-0.15, -0.1) is 24.0 Å². The van der Waals surface area contributed by atoms with E-state index in [-0.39, 0.29) is 41.9 Å². The van der Waals surface area contributed by atoms with Crippen LogP contribution in [-0.2, 0) is 11.8 Å². The normalized spacial score (nSPS) is 24.0. The number of piperazine rings is 1. The van der Waals surface area contributed by atoms with Gasteiger partial charge in [-0.1, -0.05) is 6.42 Å². The Kier molecular flexibility index (Phi) is 7.69. The molecule has 9 heteroatoms. The Morgan fingerprint density at radius 1 is 1.42 bits per heavy atom. The number of carbonyl (C=O) groups is 1. The molecule has 146 valence electrons. The molecular weight excluding hydrogens is 447 g/mol. The van der Waals surface area contributed by atoms with Crippen LogP contribution in [0.25, 0.3) is 0 Å². The number of carbonyl (C=O) groups excluding carboxylic acids is 1. The molecule has 1 saturated carbocycles. The predicted molar refractivity (Wildman–Crippen MR) is 112 cm³/mol. The van der Waals surface area contributed by atoms with E-state index in [0.29, 0.717) is 19.6 Å². The van der Waals surface area contributed by atoms with E-state index in [9.17, 15) is 9.90 Å². The Morgan fingerprint density at radius 2 is 2.23 bits per heavy atom. The second-order valence-electron chi connectivity index (χ2n) is 6.79. The van der Waals surface area contributed by atoms with Crippen LogP contribution in [0.3, 0.4) is 0 Å². The highest BCUT2D eigenvalue weighted by Gasteiger charge is 2.29. The van der Waals surface area contributed by atoms with Crippen molar-refractivity contribution in [1.29, 1.82) is 0 Å². The van der Waals surface area contributed by atoms with Crippen LogP contribution >= 0.6 is 24.0 Å². The molecule has 0 aromatic carbocycles. The van der Waals surface area contributed by atoms with E-state index >= 15 is 0 Å². The third-order valence-corrected chi connectivity index (χ3v) is 4.95. The molecule has 2 aliphatic rings. The van der Waals surface area contributed by atoms with Crippen molar-refractivity contribution in [2.75, 3.05) is 37.6 Å². The average molecular weight is 476 g/mol. The van der Waals surface area contributed by atoms with Gasteiger partial charge in [0.15, 0.2) is 5.96 Å². The van der Waals surface area contributed by atoms with Crippen molar-refractivity contribution in [3.63, 3.8) is 0 Å². The van der Waals surface area contributed by atoms with Crippen LogP contribution in [0.5, 0.6) is 0 Å². The molecule has 1 amide bonds. The quantitative estimate of drug-likeness (QED) is 0.382. The number of aromatic nitrogens is 2. The van der Waals surface area contributed by atoms with E-state index < -0.39 is 0 Å². The minimum atomic E-state index is -0.240. The van der Waals surface area contributed by atoms with Crippen LogP contribution < -0.4 is 10.2 Å². The molecule has 1 aromatic rings. The number of aryl methyl sites for hydroxylation is 1. The number of hydrogen-bond acceptors (Lipinski definition) is 4. The lowest BCUT2D eigenvalue weighted by Crippen LogP contribution is -2.55. The van der Waals surface area contributed by atoms with Crippen molar-refractivity contribution in [2.45, 2.75) is 32.3 Å². The molecule has 26 heavy (non-hydrogen) atoms. The number of guanidine groups is 1. The second-order valence-corrected chi connectivity index (χ2v) is 6.79. The predicted octanol–water partition coefficient (Wildman–Crippen LogP) is 0.813. The lowest BCUT2D eigenvalue weighted by Gasteiger charge is -2.35. The topological polar surface area (TPSA) is 86.0 Å². The zero-order valence-corrected chi connectivity index (χ0v) is 17.8. The molecule has 2 fully saturated rings. The number of halogens is 1. The number of hydrogen-bond donors (Lipinski definition) is 2. The van der Waals surface area contributed by atoms with Crippen LogP contribution in [-0.4, -0.2) is 70.5 Å². The molecule has 1 aliphatic heterocycles. The first kappa shape index (κ1) is 20.9. The fraction of sp³-hybridized carbons (Fsp3) is 0.706. The third-order valence-electron chi connectivity index (χ3n) is 4.95. The van der Waals surface area contributed by atoms with Gasteiger partial charge >= 0.3 is 0 Å². The molecule has 1 aromatic heterocycles. The Morgan fingerprint density at radius 3 is 2.81 bits per heavy atom. The summed E-state index contributed by atoms with van der Waals surface area (Å²) in [6.45, 7) is 5.02. The van der Waals surface area contributed by atoms with Gasteiger partial charge in [-0.05, 0) is 19.8 Å². The summed E-state index contributed by atoms with van der Waals surface area (Å²) in [4.78, 5) is 21.0. The second kappa shape index (κ2) is 9.54. The SMILES string of the molecule is CCNC(=NCC1CCCC1O)N1CCN(c2cnn(C)c2)C(=O)C1.I. The van der Waals surface area contributed by atoms with E-state index in [1.54, 1.807) is 15.8 Å². The smallest absolute Gasteiger partial charge is 0.246 e. The lowest BCUT2D eigenvalue weighted by molar-refractivity contribution is -0.120. The van der Waals surface area contributed by atoms with Gasteiger partial charge in [0.1, 0.15) is 6.54 Å². The average Bonchev–Trinajstić information content (AvgIpc) is 3.20. The first-order valence-corrected chi connectivity index (χ1v) is 9.08. The fourth-order valence-electron chi connectivity index (χ4n) is 3.53. The maximum atomic E-state index is 12.6. The van der Waals surface area contributed by atoms with Crippen LogP contribution in [0.4, 0.5) is 5.69 Å². The molecule has 3 rings (SSSR count). The Bertz CT molecular complexity index is 635. The maximum absolute atomic E-state index is 12.6. The largest absolute Gasteiger partial charge is 0.393 e. The first-order chi connectivity index (χ1) is 12.1. The number of aliphatic imine (C=N–C) groups is 1. The number of nitrogens with one attached hydrogen (secondary N) is 1. The zero-order valence-electron chi connectivity index (χ0n) is 15.5. The molecule has 2 heterocycles. The van der Waals surface area contributed by atoms with E-state index in [1.165, 1.54) is 0 Å². The van der Waals surface area contributed by atoms with Gasteiger partial charge in [0, 0.05) is 45.3 Å². The van der Waals surface area contributed by atoms with Gasteiger partial charge in [0.25, 0.3) is 0 Å². The fourth-order valence-corrected chi connectivity index (χ4v) is 3.53. The van der Waals surface area contributed by atoms with E-state index in [0.717, 1.165) is 44.0 Å². The summed E-state index contributed by atoms with van der Waals surface area (Å²) in [6, 6.07) is 0. The summed E-state index contributed by atoms with van der Waals surface area (Å²) in [5, 5.41) is 17.4. The van der Waals surface area contributed by atoms with E-state index in [1.807, 2.05) is 25.1 Å². The molecule has 0 bridgehead atoms.